The summed E-state index contributed by atoms with van der Waals surface area (Å²) >= 11 is 0. The lowest BCUT2D eigenvalue weighted by Gasteiger charge is -2.28. The second kappa shape index (κ2) is 8.20. The van der Waals surface area contributed by atoms with E-state index in [4.69, 9.17) is 11.6 Å². The van der Waals surface area contributed by atoms with Crippen LogP contribution in [0, 0.1) is 11.6 Å². The lowest BCUT2D eigenvalue weighted by Crippen LogP contribution is -2.46. The fraction of sp³-hybridized carbons (Fsp3) is 0.263. The van der Waals surface area contributed by atoms with Gasteiger partial charge in [-0.05, 0) is 25.1 Å². The quantitative estimate of drug-likeness (QED) is 0.315. The summed E-state index contributed by atoms with van der Waals surface area (Å²) in [6.07, 6.45) is 3.53. The summed E-state index contributed by atoms with van der Waals surface area (Å²) < 4.78 is 44.6. The number of alkyl halides is 1. The third-order valence-corrected chi connectivity index (χ3v) is 5.04. The number of pyridine rings is 2. The molecule has 0 aliphatic carbocycles. The van der Waals surface area contributed by atoms with Crippen molar-refractivity contribution in [3.63, 3.8) is 0 Å². The molecule has 0 saturated carbocycles. The van der Waals surface area contributed by atoms with Crippen molar-refractivity contribution < 1.29 is 13.2 Å². The minimum Gasteiger partial charge on any atom is -0.403 e. The minimum atomic E-state index is -1.16. The zero-order valence-electron chi connectivity index (χ0n) is 15.9. The van der Waals surface area contributed by atoms with Crippen LogP contribution in [0.3, 0.4) is 0 Å². The van der Waals surface area contributed by atoms with E-state index in [1.165, 1.54) is 12.4 Å². The van der Waals surface area contributed by atoms with Gasteiger partial charge in [-0.1, -0.05) is 0 Å². The van der Waals surface area contributed by atoms with Crippen molar-refractivity contribution in [2.75, 3.05) is 18.4 Å². The third-order valence-electron chi connectivity index (χ3n) is 5.04. The van der Waals surface area contributed by atoms with Gasteiger partial charge in [-0.3, -0.25) is 10.2 Å². The SMILES string of the molecule is N/C=C(\NN)c1ccn2c(-c3nc(NC4CNCCC4F)c(F)cc3F)cnc2c1. The largest absolute Gasteiger partial charge is 0.403 e. The van der Waals surface area contributed by atoms with E-state index in [9.17, 15) is 13.2 Å². The molecule has 4 heterocycles. The van der Waals surface area contributed by atoms with Crippen LogP contribution < -0.4 is 27.6 Å². The average molecular weight is 418 g/mol. The second-order valence-electron chi connectivity index (χ2n) is 6.92. The Kier molecular flexibility index (Phi) is 5.46. The molecule has 1 fully saturated rings. The fourth-order valence-corrected chi connectivity index (χ4v) is 3.44. The van der Waals surface area contributed by atoms with Gasteiger partial charge in [0.25, 0.3) is 0 Å². The van der Waals surface area contributed by atoms with E-state index in [0.717, 1.165) is 6.07 Å². The number of nitrogens with two attached hydrogens (primary N) is 2. The van der Waals surface area contributed by atoms with E-state index in [1.807, 2.05) is 0 Å². The number of fused-ring (bicyclic) bond motifs is 1. The fourth-order valence-electron chi connectivity index (χ4n) is 3.44. The lowest BCUT2D eigenvalue weighted by atomic mass is 10.1. The molecule has 0 amide bonds. The van der Waals surface area contributed by atoms with Gasteiger partial charge in [0.2, 0.25) is 0 Å². The summed E-state index contributed by atoms with van der Waals surface area (Å²) in [7, 11) is 0. The standard InChI is InChI=1S/C19H21F3N8/c20-11-1-3-25-8-15(11)27-19-13(22)6-12(21)18(28-19)16-9-26-17-5-10(2-4-30(16)17)14(7-23)29-24/h2,4-7,9,11,15,25,29H,1,3,8,23-24H2,(H,27,28)/b14-7-. The van der Waals surface area contributed by atoms with E-state index < -0.39 is 23.8 Å². The Bertz CT molecular complexity index is 1100. The molecule has 158 valence electrons. The first-order valence-electron chi connectivity index (χ1n) is 9.35. The predicted octanol–water partition coefficient (Wildman–Crippen LogP) is 1.51. The molecule has 3 aromatic heterocycles. The molecule has 1 aliphatic heterocycles. The molecule has 3 aromatic rings. The normalized spacial score (nSPS) is 19.8. The maximum absolute atomic E-state index is 14.6. The molecule has 0 radical (unpaired) electrons. The van der Waals surface area contributed by atoms with Crippen LogP contribution in [-0.4, -0.2) is 39.7 Å². The first kappa shape index (κ1) is 20.0. The monoisotopic (exact) mass is 418 g/mol. The van der Waals surface area contributed by atoms with Crippen LogP contribution in [0.2, 0.25) is 0 Å². The van der Waals surface area contributed by atoms with Crippen LogP contribution in [-0.2, 0) is 0 Å². The number of aromatic nitrogens is 3. The van der Waals surface area contributed by atoms with Crippen molar-refractivity contribution >= 4 is 17.2 Å². The Hall–Kier alpha value is -3.31. The highest BCUT2D eigenvalue weighted by atomic mass is 19.1. The molecule has 8 nitrogen and oxygen atoms in total. The Morgan fingerprint density at radius 3 is 2.87 bits per heavy atom. The minimum absolute atomic E-state index is 0.107. The summed E-state index contributed by atoms with van der Waals surface area (Å²) in [5.41, 5.74) is 9.86. The summed E-state index contributed by atoms with van der Waals surface area (Å²) in [5.74, 6) is 3.48. The number of nitrogens with zero attached hydrogens (tertiary/aromatic N) is 3. The molecule has 4 rings (SSSR count). The van der Waals surface area contributed by atoms with Crippen LogP contribution in [0.15, 0.2) is 36.8 Å². The maximum atomic E-state index is 14.6. The van der Waals surface area contributed by atoms with Gasteiger partial charge in [-0.25, -0.2) is 23.1 Å². The molecule has 11 heteroatoms. The Morgan fingerprint density at radius 2 is 2.13 bits per heavy atom. The van der Waals surface area contributed by atoms with Crippen molar-refractivity contribution in [1.29, 1.82) is 0 Å². The van der Waals surface area contributed by atoms with E-state index in [1.54, 1.807) is 22.7 Å². The molecule has 0 aromatic carbocycles. The van der Waals surface area contributed by atoms with Crippen LogP contribution in [0.25, 0.3) is 22.7 Å². The number of hydrogen-bond donors (Lipinski definition) is 5. The highest BCUT2D eigenvalue weighted by Gasteiger charge is 2.26. The van der Waals surface area contributed by atoms with E-state index in [2.05, 4.69) is 26.0 Å². The summed E-state index contributed by atoms with van der Waals surface area (Å²) in [6.45, 7) is 0.869. The van der Waals surface area contributed by atoms with Gasteiger partial charge in [0.15, 0.2) is 17.5 Å². The Labute approximate surface area is 170 Å². The highest BCUT2D eigenvalue weighted by molar-refractivity contribution is 5.69. The van der Waals surface area contributed by atoms with Crippen molar-refractivity contribution in [3.8, 4) is 11.4 Å². The Morgan fingerprint density at radius 1 is 1.30 bits per heavy atom. The number of anilines is 1. The van der Waals surface area contributed by atoms with Crippen molar-refractivity contribution in [2.24, 2.45) is 11.6 Å². The molecule has 0 bridgehead atoms. The molecule has 2 unspecified atom stereocenters. The molecule has 0 spiro atoms. The van der Waals surface area contributed by atoms with E-state index >= 15 is 0 Å². The number of nitrogens with one attached hydrogen (secondary N) is 3. The first-order chi connectivity index (χ1) is 14.5. The van der Waals surface area contributed by atoms with Gasteiger partial charge < -0.3 is 21.8 Å². The summed E-state index contributed by atoms with van der Waals surface area (Å²) in [6, 6.07) is 3.48. The highest BCUT2D eigenvalue weighted by Crippen LogP contribution is 2.27. The number of imidazole rings is 1. The van der Waals surface area contributed by atoms with Crippen LogP contribution in [0.4, 0.5) is 19.0 Å². The van der Waals surface area contributed by atoms with Crippen LogP contribution in [0.1, 0.15) is 12.0 Å². The predicted molar refractivity (Wildman–Crippen MR) is 108 cm³/mol. The second-order valence-corrected chi connectivity index (χ2v) is 6.92. The zero-order chi connectivity index (χ0) is 21.3. The molecule has 30 heavy (non-hydrogen) atoms. The molecule has 1 saturated heterocycles. The van der Waals surface area contributed by atoms with Crippen LogP contribution in [0.5, 0.6) is 0 Å². The van der Waals surface area contributed by atoms with Gasteiger partial charge in [0.05, 0.1) is 23.6 Å². The summed E-state index contributed by atoms with van der Waals surface area (Å²) in [5, 5.41) is 5.79. The van der Waals surface area contributed by atoms with Gasteiger partial charge in [0, 0.05) is 30.6 Å². The molecule has 7 N–H and O–H groups in total. The average Bonchev–Trinajstić information content (AvgIpc) is 3.15. The van der Waals surface area contributed by atoms with E-state index in [0.29, 0.717) is 42.1 Å². The maximum Gasteiger partial charge on any atom is 0.168 e. The van der Waals surface area contributed by atoms with Crippen molar-refractivity contribution in [3.05, 3.63) is 54.0 Å². The van der Waals surface area contributed by atoms with E-state index in [-0.39, 0.29) is 11.5 Å². The molecular weight excluding hydrogens is 397 g/mol. The van der Waals surface area contributed by atoms with Crippen molar-refractivity contribution in [2.45, 2.75) is 18.6 Å². The van der Waals surface area contributed by atoms with Gasteiger partial charge in [0.1, 0.15) is 17.5 Å². The zero-order valence-corrected chi connectivity index (χ0v) is 15.9. The Balaban J connectivity index is 1.72. The topological polar surface area (TPSA) is 118 Å². The smallest absolute Gasteiger partial charge is 0.168 e. The number of hydrazine groups is 1. The number of piperidine rings is 1. The first-order valence-corrected chi connectivity index (χ1v) is 9.35. The number of hydrogen-bond acceptors (Lipinski definition) is 7. The lowest BCUT2D eigenvalue weighted by molar-refractivity contribution is 0.240. The third kappa shape index (κ3) is 3.64. The molecule has 2 atom stereocenters. The number of halogens is 3. The van der Waals surface area contributed by atoms with Crippen LogP contribution >= 0.6 is 0 Å². The summed E-state index contributed by atoms with van der Waals surface area (Å²) in [4.78, 5) is 8.37. The molecular formula is C19H21F3N8. The van der Waals surface area contributed by atoms with Gasteiger partial charge >= 0.3 is 0 Å². The van der Waals surface area contributed by atoms with Crippen molar-refractivity contribution in [1.82, 2.24) is 25.1 Å². The van der Waals surface area contributed by atoms with Gasteiger partial charge in [-0.15, -0.1) is 0 Å². The molecule has 1 aliphatic rings. The van der Waals surface area contributed by atoms with Gasteiger partial charge in [-0.2, -0.15) is 0 Å². The number of rotatable bonds is 5.